The van der Waals surface area contributed by atoms with Crippen LogP contribution in [0, 0.1) is 0 Å². The van der Waals surface area contributed by atoms with Gasteiger partial charge in [-0.15, -0.1) is 0 Å². The van der Waals surface area contributed by atoms with Crippen LogP contribution in [0.5, 0.6) is 0 Å². The first-order valence-electron chi connectivity index (χ1n) is 7.30. The first-order valence-corrected chi connectivity index (χ1v) is 7.30. The number of hydrogen-bond acceptors (Lipinski definition) is 4. The van der Waals surface area contributed by atoms with Gasteiger partial charge in [0, 0.05) is 12.1 Å². The van der Waals surface area contributed by atoms with Crippen LogP contribution in [0.4, 0.5) is 13.2 Å². The van der Waals surface area contributed by atoms with E-state index in [0.717, 1.165) is 0 Å². The molecule has 0 saturated heterocycles. The van der Waals surface area contributed by atoms with Crippen molar-refractivity contribution in [1.82, 2.24) is 10.2 Å². The van der Waals surface area contributed by atoms with E-state index >= 15 is 0 Å². The Balaban J connectivity index is 2.84. The standard InChI is InChI=1S/C14H25F3N2O2/c1-5-19(9-14(15,16)17)11-6-7-13(8-11,12(20)21-4)18-10(2)3/h10-11,18H,5-9H2,1-4H3. The van der Waals surface area contributed by atoms with E-state index in [9.17, 15) is 18.0 Å². The maximum absolute atomic E-state index is 12.6. The number of halogens is 3. The SMILES string of the molecule is CCN(CC(F)(F)F)C1CCC(NC(C)C)(C(=O)OC)C1. The number of carbonyl (C=O) groups excluding carboxylic acids is 1. The third-order valence-corrected chi connectivity index (χ3v) is 3.93. The summed E-state index contributed by atoms with van der Waals surface area (Å²) in [5.74, 6) is -0.387. The van der Waals surface area contributed by atoms with E-state index in [1.807, 2.05) is 13.8 Å². The zero-order valence-electron chi connectivity index (χ0n) is 13.1. The summed E-state index contributed by atoms with van der Waals surface area (Å²) in [7, 11) is 1.31. The number of ether oxygens (including phenoxy) is 1. The highest BCUT2D eigenvalue weighted by molar-refractivity contribution is 5.81. The van der Waals surface area contributed by atoms with Crippen LogP contribution in [0.3, 0.4) is 0 Å². The van der Waals surface area contributed by atoms with Gasteiger partial charge in [-0.2, -0.15) is 13.2 Å². The quantitative estimate of drug-likeness (QED) is 0.765. The van der Waals surface area contributed by atoms with Crippen LogP contribution in [-0.4, -0.2) is 54.9 Å². The van der Waals surface area contributed by atoms with Crippen molar-refractivity contribution in [2.45, 2.75) is 63.8 Å². The van der Waals surface area contributed by atoms with Crippen molar-refractivity contribution in [2.75, 3.05) is 20.2 Å². The maximum Gasteiger partial charge on any atom is 0.401 e. The molecule has 1 aliphatic carbocycles. The fourth-order valence-corrected chi connectivity index (χ4v) is 3.18. The predicted octanol–water partition coefficient (Wildman–Crippen LogP) is 2.33. The van der Waals surface area contributed by atoms with Gasteiger partial charge < -0.3 is 4.74 Å². The molecular weight excluding hydrogens is 285 g/mol. The number of rotatable bonds is 6. The molecule has 0 aromatic carbocycles. The van der Waals surface area contributed by atoms with Gasteiger partial charge in [0.25, 0.3) is 0 Å². The largest absolute Gasteiger partial charge is 0.468 e. The molecule has 1 rings (SSSR count). The molecular formula is C14H25F3N2O2. The van der Waals surface area contributed by atoms with E-state index in [4.69, 9.17) is 4.74 Å². The molecule has 4 nitrogen and oxygen atoms in total. The summed E-state index contributed by atoms with van der Waals surface area (Å²) in [6.45, 7) is 4.90. The molecule has 0 heterocycles. The van der Waals surface area contributed by atoms with Crippen molar-refractivity contribution in [1.29, 1.82) is 0 Å². The molecule has 0 radical (unpaired) electrons. The minimum absolute atomic E-state index is 0.0561. The van der Waals surface area contributed by atoms with Gasteiger partial charge in [0.2, 0.25) is 0 Å². The van der Waals surface area contributed by atoms with Crippen molar-refractivity contribution < 1.29 is 22.7 Å². The van der Waals surface area contributed by atoms with Crippen molar-refractivity contribution in [2.24, 2.45) is 0 Å². The first-order chi connectivity index (χ1) is 9.63. The van der Waals surface area contributed by atoms with Gasteiger partial charge in [0.05, 0.1) is 13.7 Å². The number of alkyl halides is 3. The highest BCUT2D eigenvalue weighted by Gasteiger charge is 2.48. The highest BCUT2D eigenvalue weighted by atomic mass is 19.4. The van der Waals surface area contributed by atoms with E-state index in [1.54, 1.807) is 6.92 Å². The molecule has 0 amide bonds. The van der Waals surface area contributed by atoms with Crippen molar-refractivity contribution in [3.8, 4) is 0 Å². The topological polar surface area (TPSA) is 41.6 Å². The molecule has 1 N–H and O–H groups in total. The van der Waals surface area contributed by atoms with Crippen molar-refractivity contribution in [3.63, 3.8) is 0 Å². The van der Waals surface area contributed by atoms with Gasteiger partial charge in [-0.05, 0) is 39.7 Å². The average Bonchev–Trinajstić information content (AvgIpc) is 2.78. The van der Waals surface area contributed by atoms with Crippen LogP contribution >= 0.6 is 0 Å². The lowest BCUT2D eigenvalue weighted by Gasteiger charge is -2.32. The summed E-state index contributed by atoms with van der Waals surface area (Å²) in [6.07, 6.45) is -2.82. The third kappa shape index (κ3) is 4.85. The van der Waals surface area contributed by atoms with Gasteiger partial charge in [-0.25, -0.2) is 0 Å². The molecule has 2 unspecified atom stereocenters. The van der Waals surface area contributed by atoms with E-state index < -0.39 is 18.3 Å². The number of nitrogens with zero attached hydrogens (tertiary/aromatic N) is 1. The molecule has 21 heavy (non-hydrogen) atoms. The van der Waals surface area contributed by atoms with E-state index in [1.165, 1.54) is 12.0 Å². The van der Waals surface area contributed by atoms with Crippen LogP contribution in [-0.2, 0) is 9.53 Å². The third-order valence-electron chi connectivity index (χ3n) is 3.93. The molecule has 7 heteroatoms. The molecule has 0 spiro atoms. The van der Waals surface area contributed by atoms with Gasteiger partial charge >= 0.3 is 12.1 Å². The zero-order chi connectivity index (χ0) is 16.3. The Bertz CT molecular complexity index is 361. The Morgan fingerprint density at radius 2 is 2.10 bits per heavy atom. The Labute approximate surface area is 124 Å². The Hall–Kier alpha value is -0.820. The van der Waals surface area contributed by atoms with Crippen molar-refractivity contribution in [3.05, 3.63) is 0 Å². The smallest absolute Gasteiger partial charge is 0.401 e. The van der Waals surface area contributed by atoms with E-state index in [2.05, 4.69) is 5.32 Å². The molecule has 0 aliphatic heterocycles. The molecule has 1 saturated carbocycles. The summed E-state index contributed by atoms with van der Waals surface area (Å²) in [5.41, 5.74) is -0.868. The van der Waals surface area contributed by atoms with Crippen molar-refractivity contribution >= 4 is 5.97 Å². The second kappa shape index (κ2) is 6.96. The number of esters is 1. The minimum atomic E-state index is -4.22. The molecule has 0 aromatic rings. The lowest BCUT2D eigenvalue weighted by molar-refractivity contribution is -0.152. The van der Waals surface area contributed by atoms with Gasteiger partial charge in [-0.1, -0.05) is 6.92 Å². The van der Waals surface area contributed by atoms with Crippen LogP contribution < -0.4 is 5.32 Å². The summed E-state index contributed by atoms with van der Waals surface area (Å²) < 4.78 is 42.7. The molecule has 1 aliphatic rings. The lowest BCUT2D eigenvalue weighted by Crippen LogP contribution is -2.54. The van der Waals surface area contributed by atoms with Gasteiger partial charge in [0.15, 0.2) is 0 Å². The first kappa shape index (κ1) is 18.2. The minimum Gasteiger partial charge on any atom is -0.468 e. The fourth-order valence-electron chi connectivity index (χ4n) is 3.18. The predicted molar refractivity (Wildman–Crippen MR) is 74.0 cm³/mol. The zero-order valence-corrected chi connectivity index (χ0v) is 13.1. The second-order valence-corrected chi connectivity index (χ2v) is 5.95. The molecule has 124 valence electrons. The summed E-state index contributed by atoms with van der Waals surface area (Å²) >= 11 is 0. The molecule has 0 bridgehead atoms. The Morgan fingerprint density at radius 1 is 1.48 bits per heavy atom. The van der Waals surface area contributed by atoms with E-state index in [0.29, 0.717) is 25.8 Å². The number of nitrogens with one attached hydrogen (secondary N) is 1. The molecule has 0 aromatic heterocycles. The van der Waals surface area contributed by atoms with E-state index in [-0.39, 0.29) is 18.1 Å². The summed E-state index contributed by atoms with van der Waals surface area (Å²) in [6, 6.07) is -0.206. The molecule has 1 fully saturated rings. The lowest BCUT2D eigenvalue weighted by atomic mass is 9.96. The van der Waals surface area contributed by atoms with Crippen LogP contribution in [0.25, 0.3) is 0 Å². The van der Waals surface area contributed by atoms with Crippen LogP contribution in [0.1, 0.15) is 40.0 Å². The van der Waals surface area contributed by atoms with Crippen LogP contribution in [0.15, 0.2) is 0 Å². The maximum atomic E-state index is 12.6. The summed E-state index contributed by atoms with van der Waals surface area (Å²) in [4.78, 5) is 13.5. The van der Waals surface area contributed by atoms with Gasteiger partial charge in [-0.3, -0.25) is 15.0 Å². The number of hydrogen-bond donors (Lipinski definition) is 1. The highest BCUT2D eigenvalue weighted by Crippen LogP contribution is 2.35. The molecule has 2 atom stereocenters. The number of methoxy groups -OCH3 is 1. The monoisotopic (exact) mass is 310 g/mol. The average molecular weight is 310 g/mol. The number of carbonyl (C=O) groups is 1. The van der Waals surface area contributed by atoms with Gasteiger partial charge in [0.1, 0.15) is 5.54 Å². The summed E-state index contributed by atoms with van der Waals surface area (Å²) in [5, 5.41) is 3.20. The second-order valence-electron chi connectivity index (χ2n) is 5.95. The Kier molecular flexibility index (Phi) is 6.04. The van der Waals surface area contributed by atoms with Crippen LogP contribution in [0.2, 0.25) is 0 Å². The Morgan fingerprint density at radius 3 is 2.52 bits per heavy atom. The fraction of sp³-hybridized carbons (Fsp3) is 0.929. The normalized spacial score (nSPS) is 26.6.